The number of amides is 1. The van der Waals surface area contributed by atoms with Crippen LogP contribution in [0, 0.1) is 0 Å². The first-order valence-electron chi connectivity index (χ1n) is 16.0. The monoisotopic (exact) mass is 624 g/mol. The van der Waals surface area contributed by atoms with Gasteiger partial charge in [0.25, 0.3) is 5.91 Å². The molecule has 0 bridgehead atoms. The Morgan fingerprint density at radius 1 is 0.729 bits per heavy atom. The van der Waals surface area contributed by atoms with E-state index < -0.39 is 5.54 Å². The van der Waals surface area contributed by atoms with Crippen molar-refractivity contribution in [1.29, 1.82) is 0 Å². The lowest BCUT2D eigenvalue weighted by molar-refractivity contribution is 0.0930. The zero-order valence-corrected chi connectivity index (χ0v) is 26.3. The summed E-state index contributed by atoms with van der Waals surface area (Å²) >= 11 is 0. The van der Waals surface area contributed by atoms with Gasteiger partial charge in [-0.2, -0.15) is 5.10 Å². The molecule has 48 heavy (non-hydrogen) atoms. The van der Waals surface area contributed by atoms with Crippen molar-refractivity contribution in [3.63, 3.8) is 0 Å². The molecule has 5 aromatic carbocycles. The average Bonchev–Trinajstić information content (AvgIpc) is 3.75. The molecule has 0 aliphatic carbocycles. The molecule has 0 radical (unpaired) electrons. The fourth-order valence-electron chi connectivity index (χ4n) is 6.70. The lowest BCUT2D eigenvalue weighted by atomic mass is 9.77. The van der Waals surface area contributed by atoms with E-state index in [-0.39, 0.29) is 17.8 Å². The topological polar surface area (TPSA) is 88.5 Å². The number of fused-ring (bicyclic) bond motifs is 2. The van der Waals surface area contributed by atoms with Gasteiger partial charge in [0.2, 0.25) is 0 Å². The molecule has 8 rings (SSSR count). The van der Waals surface area contributed by atoms with Gasteiger partial charge in [-0.1, -0.05) is 121 Å². The third kappa shape index (κ3) is 4.93. The number of aromatic amines is 1. The smallest absolute Gasteiger partial charge is 0.287 e. The lowest BCUT2D eigenvalue weighted by Crippen LogP contribution is -2.38. The van der Waals surface area contributed by atoms with E-state index in [0.717, 1.165) is 49.9 Å². The van der Waals surface area contributed by atoms with Crippen molar-refractivity contribution in [2.24, 2.45) is 0 Å². The zero-order valence-electron chi connectivity index (χ0n) is 26.3. The second kappa shape index (κ2) is 12.1. The SMILES string of the molecule is C[C@@H](NC(=O)c1nc2cc3c(-c4ccncc4)nn(C(c4ccccc4)(c4ccccc4)c4ccccc4)c3cc2[nH]1)c1ccccc1. The summed E-state index contributed by atoms with van der Waals surface area (Å²) in [5.74, 6) is -0.0133. The minimum Gasteiger partial charge on any atom is -0.343 e. The Kier molecular flexibility index (Phi) is 7.34. The largest absolute Gasteiger partial charge is 0.343 e. The molecule has 0 unspecified atom stereocenters. The number of carbonyl (C=O) groups is 1. The standard InChI is InChI=1S/C41H32N6O/c1-28(29-14-6-2-7-15-29)43-40(48)39-44-35-26-34-37(27-36(35)45-39)47(46-38(34)30-22-24-42-25-23-30)41(31-16-8-3-9-17-31,32-18-10-4-11-19-32)33-20-12-5-13-21-33/h2-28H,1H3,(H,43,48)(H,44,45)/t28-/m1/s1. The van der Waals surface area contributed by atoms with Crippen LogP contribution >= 0.6 is 0 Å². The Labute approximate surface area is 278 Å². The number of H-pyrrole nitrogens is 1. The maximum Gasteiger partial charge on any atom is 0.287 e. The van der Waals surface area contributed by atoms with Gasteiger partial charge in [0.05, 0.1) is 22.6 Å². The number of nitrogens with zero attached hydrogens (tertiary/aromatic N) is 4. The number of hydrogen-bond donors (Lipinski definition) is 2. The highest BCUT2D eigenvalue weighted by atomic mass is 16.2. The molecule has 1 atom stereocenters. The van der Waals surface area contributed by atoms with Gasteiger partial charge in [0.15, 0.2) is 5.82 Å². The number of carbonyl (C=O) groups excluding carboxylic acids is 1. The summed E-state index contributed by atoms with van der Waals surface area (Å²) in [6, 6.07) is 49.2. The Morgan fingerprint density at radius 2 is 1.27 bits per heavy atom. The van der Waals surface area contributed by atoms with Crippen LogP contribution in [-0.4, -0.2) is 30.6 Å². The van der Waals surface area contributed by atoms with Crippen molar-refractivity contribution in [3.8, 4) is 11.3 Å². The molecule has 8 aromatic rings. The van der Waals surface area contributed by atoms with E-state index in [2.05, 4.69) is 98.8 Å². The van der Waals surface area contributed by atoms with Crippen molar-refractivity contribution in [2.75, 3.05) is 0 Å². The van der Waals surface area contributed by atoms with Crippen LogP contribution < -0.4 is 5.32 Å². The highest BCUT2D eigenvalue weighted by molar-refractivity contribution is 6.03. The summed E-state index contributed by atoms with van der Waals surface area (Å²) in [5, 5.41) is 9.47. The molecule has 232 valence electrons. The van der Waals surface area contributed by atoms with E-state index in [9.17, 15) is 4.79 Å². The summed E-state index contributed by atoms with van der Waals surface area (Å²) in [6.07, 6.45) is 3.56. The second-order valence-electron chi connectivity index (χ2n) is 11.9. The summed E-state index contributed by atoms with van der Waals surface area (Å²) in [7, 11) is 0. The predicted octanol–water partition coefficient (Wildman–Crippen LogP) is 8.31. The number of pyridine rings is 1. The zero-order chi connectivity index (χ0) is 32.5. The maximum absolute atomic E-state index is 13.5. The predicted molar refractivity (Wildman–Crippen MR) is 190 cm³/mol. The molecule has 0 saturated carbocycles. The highest BCUT2D eigenvalue weighted by Crippen LogP contribution is 2.44. The normalized spacial score (nSPS) is 12.3. The van der Waals surface area contributed by atoms with Gasteiger partial charge in [-0.25, -0.2) is 9.67 Å². The van der Waals surface area contributed by atoms with Crippen LogP contribution in [0.4, 0.5) is 0 Å². The quantitative estimate of drug-likeness (QED) is 0.167. The molecule has 0 fully saturated rings. The van der Waals surface area contributed by atoms with E-state index in [1.165, 1.54) is 0 Å². The van der Waals surface area contributed by atoms with Gasteiger partial charge in [-0.3, -0.25) is 9.78 Å². The molecule has 0 spiro atoms. The molecule has 7 nitrogen and oxygen atoms in total. The van der Waals surface area contributed by atoms with Gasteiger partial charge < -0.3 is 10.3 Å². The van der Waals surface area contributed by atoms with Crippen LogP contribution in [0.1, 0.15) is 45.8 Å². The molecule has 0 aliphatic rings. The first kappa shape index (κ1) is 29.1. The highest BCUT2D eigenvalue weighted by Gasteiger charge is 2.41. The van der Waals surface area contributed by atoms with E-state index >= 15 is 0 Å². The Bertz CT molecular complexity index is 2240. The van der Waals surface area contributed by atoms with Crippen LogP contribution in [0.25, 0.3) is 33.2 Å². The minimum atomic E-state index is -0.841. The number of hydrogen-bond acceptors (Lipinski definition) is 4. The van der Waals surface area contributed by atoms with Crippen molar-refractivity contribution in [1.82, 2.24) is 30.0 Å². The first-order chi connectivity index (χ1) is 23.6. The first-order valence-corrected chi connectivity index (χ1v) is 16.0. The van der Waals surface area contributed by atoms with E-state index in [1.54, 1.807) is 12.4 Å². The Hall–Kier alpha value is -6.34. The Morgan fingerprint density at radius 3 is 1.83 bits per heavy atom. The van der Waals surface area contributed by atoms with E-state index in [0.29, 0.717) is 5.52 Å². The molecule has 3 aromatic heterocycles. The number of imidazole rings is 1. The van der Waals surface area contributed by atoms with Crippen molar-refractivity contribution in [2.45, 2.75) is 18.5 Å². The minimum absolute atomic E-state index is 0.180. The van der Waals surface area contributed by atoms with Crippen LogP contribution in [0.15, 0.2) is 158 Å². The average molecular weight is 625 g/mol. The van der Waals surface area contributed by atoms with E-state index in [1.807, 2.05) is 73.7 Å². The molecular weight excluding hydrogens is 592 g/mol. The molecule has 3 heterocycles. The fourth-order valence-corrected chi connectivity index (χ4v) is 6.70. The van der Waals surface area contributed by atoms with Crippen molar-refractivity contribution < 1.29 is 4.79 Å². The summed E-state index contributed by atoms with van der Waals surface area (Å²) in [4.78, 5) is 25.8. The third-order valence-corrected chi connectivity index (χ3v) is 8.99. The molecule has 1 amide bonds. The molecular formula is C41H32N6O. The van der Waals surface area contributed by atoms with Crippen LogP contribution in [0.2, 0.25) is 0 Å². The molecule has 0 aliphatic heterocycles. The molecule has 0 saturated heterocycles. The Balaban J connectivity index is 1.39. The van der Waals surface area contributed by atoms with Crippen LogP contribution in [0.5, 0.6) is 0 Å². The van der Waals surface area contributed by atoms with Crippen molar-refractivity contribution >= 4 is 27.8 Å². The number of rotatable bonds is 8. The van der Waals surface area contributed by atoms with Gasteiger partial charge in [0, 0.05) is 23.3 Å². The molecule has 2 N–H and O–H groups in total. The number of nitrogens with one attached hydrogen (secondary N) is 2. The van der Waals surface area contributed by atoms with Gasteiger partial charge >= 0.3 is 0 Å². The van der Waals surface area contributed by atoms with Crippen LogP contribution in [0.3, 0.4) is 0 Å². The second-order valence-corrected chi connectivity index (χ2v) is 11.9. The number of aromatic nitrogens is 5. The maximum atomic E-state index is 13.5. The van der Waals surface area contributed by atoms with Gasteiger partial charge in [-0.05, 0) is 53.4 Å². The van der Waals surface area contributed by atoms with Crippen molar-refractivity contribution in [3.05, 3.63) is 186 Å². The van der Waals surface area contributed by atoms with Gasteiger partial charge in [-0.15, -0.1) is 0 Å². The van der Waals surface area contributed by atoms with E-state index in [4.69, 9.17) is 10.1 Å². The molecule has 7 heteroatoms. The summed E-state index contributed by atoms with van der Waals surface area (Å²) < 4.78 is 2.13. The fraction of sp³-hybridized carbons (Fsp3) is 0.0732. The summed E-state index contributed by atoms with van der Waals surface area (Å²) in [6.45, 7) is 1.97. The van der Waals surface area contributed by atoms with Gasteiger partial charge in [0.1, 0.15) is 11.2 Å². The lowest BCUT2D eigenvalue weighted by Gasteiger charge is -2.37. The third-order valence-electron chi connectivity index (χ3n) is 8.99. The van der Waals surface area contributed by atoms with Crippen LogP contribution in [-0.2, 0) is 5.54 Å². The summed E-state index contributed by atoms with van der Waals surface area (Å²) in [5.41, 5.74) is 7.41. The number of benzene rings is 5.